The van der Waals surface area contributed by atoms with Crippen molar-refractivity contribution in [3.05, 3.63) is 48.6 Å². The van der Waals surface area contributed by atoms with Crippen molar-refractivity contribution in [1.29, 1.82) is 0 Å². The van der Waals surface area contributed by atoms with Gasteiger partial charge in [-0.15, -0.1) is 0 Å². The SMILES string of the molecule is CC/C=C/C/C=C/C/C=C/CCCCCCC(=O)NC(COP(=O)(O)OCC[N+](C)(C)C)C(/C=C/CCCCCCCCCCCC)OC(=O)CCCCCCCCCCCCC. The van der Waals surface area contributed by atoms with Gasteiger partial charge in [0.05, 0.1) is 33.8 Å². The molecule has 0 fully saturated rings. The van der Waals surface area contributed by atoms with Gasteiger partial charge < -0.3 is 19.4 Å². The minimum absolute atomic E-state index is 0.0359. The van der Waals surface area contributed by atoms with Gasteiger partial charge in [-0.25, -0.2) is 4.57 Å². The molecule has 2 N–H and O–H groups in total. The van der Waals surface area contributed by atoms with E-state index in [1.54, 1.807) is 0 Å². The van der Waals surface area contributed by atoms with Crippen LogP contribution in [0.1, 0.15) is 226 Å². The summed E-state index contributed by atoms with van der Waals surface area (Å²) in [5, 5.41) is 3.02. The summed E-state index contributed by atoms with van der Waals surface area (Å²) in [7, 11) is 1.48. The highest BCUT2D eigenvalue weighted by atomic mass is 31.2. The van der Waals surface area contributed by atoms with Crippen molar-refractivity contribution < 1.29 is 37.3 Å². The highest BCUT2D eigenvalue weighted by Crippen LogP contribution is 2.43. The molecule has 0 bridgehead atoms. The van der Waals surface area contributed by atoms with Gasteiger partial charge in [-0.2, -0.15) is 0 Å². The zero-order valence-electron chi connectivity index (χ0n) is 41.8. The van der Waals surface area contributed by atoms with Gasteiger partial charge in [0, 0.05) is 12.8 Å². The van der Waals surface area contributed by atoms with E-state index in [1.165, 1.54) is 103 Å². The first-order chi connectivity index (χ1) is 30.4. The Hall–Kier alpha value is -2.03. The fourth-order valence-corrected chi connectivity index (χ4v) is 7.98. The summed E-state index contributed by atoms with van der Waals surface area (Å²) in [5.74, 6) is -0.531. The van der Waals surface area contributed by atoms with Crippen molar-refractivity contribution in [3.8, 4) is 0 Å². The molecule has 0 heterocycles. The summed E-state index contributed by atoms with van der Waals surface area (Å²) < 4.78 is 30.5. The Morgan fingerprint density at radius 3 is 1.52 bits per heavy atom. The summed E-state index contributed by atoms with van der Waals surface area (Å²) in [5.41, 5.74) is 0. The number of carbonyl (C=O) groups is 2. The van der Waals surface area contributed by atoms with E-state index in [1.807, 2.05) is 33.3 Å². The molecule has 0 aliphatic rings. The van der Waals surface area contributed by atoms with Crippen LogP contribution in [0.3, 0.4) is 0 Å². The number of nitrogens with zero attached hydrogens (tertiary/aromatic N) is 1. The molecule has 0 saturated heterocycles. The average molecular weight is 908 g/mol. The molecule has 1 amide bonds. The standard InChI is InChI=1S/C53H99N2O7P/c1-7-10-13-16-19-22-25-27-28-31-33-36-39-42-45-52(56)54-50(49-61-63(58,59)60-48-47-55(4,5)6)51(44-41-38-35-32-30-26-23-20-17-14-11-8-2)62-53(57)46-43-40-37-34-29-24-21-18-15-12-9-3/h10,13,19,22,27-28,41,44,50-51H,7-9,11-12,14-18,20-21,23-26,29-40,42-43,45-49H2,1-6H3,(H-,54,56,58,59)/p+1/b13-10+,22-19+,28-27+,44-41+. The zero-order chi connectivity index (χ0) is 46.5. The Bertz CT molecular complexity index is 1230. The van der Waals surface area contributed by atoms with Crippen LogP contribution in [0.4, 0.5) is 0 Å². The van der Waals surface area contributed by atoms with Gasteiger partial charge >= 0.3 is 13.8 Å². The number of phosphoric acid groups is 1. The van der Waals surface area contributed by atoms with Gasteiger partial charge in [-0.3, -0.25) is 18.6 Å². The summed E-state index contributed by atoms with van der Waals surface area (Å²) in [4.78, 5) is 37.4. The fourth-order valence-electron chi connectivity index (χ4n) is 7.25. The molecule has 0 aromatic rings. The van der Waals surface area contributed by atoms with Crippen LogP contribution in [0.5, 0.6) is 0 Å². The molecule has 63 heavy (non-hydrogen) atoms. The van der Waals surface area contributed by atoms with E-state index in [2.05, 4.69) is 62.5 Å². The summed E-state index contributed by atoms with van der Waals surface area (Å²) in [6.07, 6.45) is 51.0. The van der Waals surface area contributed by atoms with Crippen LogP contribution >= 0.6 is 7.82 Å². The van der Waals surface area contributed by atoms with Gasteiger partial charge in [0.2, 0.25) is 5.91 Å². The second-order valence-electron chi connectivity index (χ2n) is 18.7. The highest BCUT2D eigenvalue weighted by molar-refractivity contribution is 7.47. The number of likely N-dealkylation sites (N-methyl/N-ethyl adjacent to an activating group) is 1. The average Bonchev–Trinajstić information content (AvgIpc) is 3.23. The molecular formula is C53H100N2O7P+. The third kappa shape index (κ3) is 44.9. The third-order valence-corrected chi connectivity index (χ3v) is 12.3. The zero-order valence-corrected chi connectivity index (χ0v) is 42.7. The molecular weight excluding hydrogens is 808 g/mol. The number of hydrogen-bond acceptors (Lipinski definition) is 6. The maximum Gasteiger partial charge on any atom is 0.472 e. The quantitative estimate of drug-likeness (QED) is 0.0206. The van der Waals surface area contributed by atoms with Crippen LogP contribution in [0, 0.1) is 0 Å². The second-order valence-corrected chi connectivity index (χ2v) is 20.1. The van der Waals surface area contributed by atoms with E-state index in [-0.39, 0.29) is 31.5 Å². The lowest BCUT2D eigenvalue weighted by Crippen LogP contribution is -2.47. The van der Waals surface area contributed by atoms with E-state index in [0.717, 1.165) is 89.9 Å². The normalized spacial score (nSPS) is 14.3. The number of unbranched alkanes of at least 4 members (excludes halogenated alkanes) is 24. The first kappa shape index (κ1) is 61.0. The number of esters is 1. The van der Waals surface area contributed by atoms with Crippen LogP contribution in [-0.4, -0.2) is 74.3 Å². The number of phosphoric ester groups is 1. The maximum absolute atomic E-state index is 13.4. The Kier molecular flexibility index (Phi) is 42.4. The first-order valence-electron chi connectivity index (χ1n) is 26.0. The highest BCUT2D eigenvalue weighted by Gasteiger charge is 2.30. The first-order valence-corrected chi connectivity index (χ1v) is 27.5. The number of nitrogens with one attached hydrogen (secondary N) is 1. The van der Waals surface area contributed by atoms with Crippen LogP contribution in [-0.2, 0) is 27.9 Å². The molecule has 10 heteroatoms. The van der Waals surface area contributed by atoms with Crippen molar-refractivity contribution in [1.82, 2.24) is 5.32 Å². The largest absolute Gasteiger partial charge is 0.472 e. The third-order valence-electron chi connectivity index (χ3n) is 11.3. The van der Waals surface area contributed by atoms with E-state index in [0.29, 0.717) is 17.4 Å². The topological polar surface area (TPSA) is 111 Å². The fraction of sp³-hybridized carbons (Fsp3) is 0.811. The van der Waals surface area contributed by atoms with Crippen molar-refractivity contribution in [2.24, 2.45) is 0 Å². The molecule has 0 aromatic carbocycles. The Labute approximate surface area is 388 Å². The molecule has 0 saturated carbocycles. The van der Waals surface area contributed by atoms with Crippen molar-refractivity contribution in [2.45, 2.75) is 238 Å². The lowest BCUT2D eigenvalue weighted by atomic mass is 10.0. The van der Waals surface area contributed by atoms with E-state index < -0.39 is 20.0 Å². The number of quaternary nitrogens is 1. The number of ether oxygens (including phenoxy) is 1. The minimum Gasteiger partial charge on any atom is -0.456 e. The number of carbonyl (C=O) groups excluding carboxylic acids is 2. The molecule has 368 valence electrons. The molecule has 9 nitrogen and oxygen atoms in total. The van der Waals surface area contributed by atoms with Crippen molar-refractivity contribution in [3.63, 3.8) is 0 Å². The predicted molar refractivity (Wildman–Crippen MR) is 268 cm³/mol. The van der Waals surface area contributed by atoms with Crippen LogP contribution < -0.4 is 5.32 Å². The van der Waals surface area contributed by atoms with Gasteiger partial charge in [0.25, 0.3) is 0 Å². The molecule has 0 radical (unpaired) electrons. The number of allylic oxidation sites excluding steroid dienone is 7. The monoisotopic (exact) mass is 908 g/mol. The van der Waals surface area contributed by atoms with Crippen LogP contribution in [0.15, 0.2) is 48.6 Å². The molecule has 0 aromatic heterocycles. The number of amides is 1. The van der Waals surface area contributed by atoms with Crippen LogP contribution in [0.2, 0.25) is 0 Å². The van der Waals surface area contributed by atoms with Crippen LogP contribution in [0.25, 0.3) is 0 Å². The molecule has 0 aliphatic heterocycles. The summed E-state index contributed by atoms with van der Waals surface area (Å²) in [6.45, 7) is 6.86. The summed E-state index contributed by atoms with van der Waals surface area (Å²) >= 11 is 0. The lowest BCUT2D eigenvalue weighted by Gasteiger charge is -2.27. The van der Waals surface area contributed by atoms with Gasteiger partial charge in [-0.1, -0.05) is 198 Å². The Balaban J connectivity index is 5.47. The molecule has 3 atom stereocenters. The lowest BCUT2D eigenvalue weighted by molar-refractivity contribution is -0.870. The van der Waals surface area contributed by atoms with Crippen molar-refractivity contribution in [2.75, 3.05) is 40.9 Å². The number of rotatable bonds is 46. The minimum atomic E-state index is -4.44. The van der Waals surface area contributed by atoms with Gasteiger partial charge in [0.1, 0.15) is 19.3 Å². The predicted octanol–water partition coefficient (Wildman–Crippen LogP) is 15.0. The van der Waals surface area contributed by atoms with Gasteiger partial charge in [0.15, 0.2) is 0 Å². The van der Waals surface area contributed by atoms with E-state index in [4.69, 9.17) is 13.8 Å². The maximum atomic E-state index is 13.4. The molecule has 0 spiro atoms. The molecule has 0 aliphatic carbocycles. The van der Waals surface area contributed by atoms with E-state index in [9.17, 15) is 19.0 Å². The Morgan fingerprint density at radius 1 is 0.571 bits per heavy atom. The number of hydrogen-bond donors (Lipinski definition) is 2. The molecule has 0 rings (SSSR count). The summed E-state index contributed by atoms with van der Waals surface area (Å²) in [6, 6.07) is -0.855. The second kappa shape index (κ2) is 43.8. The smallest absolute Gasteiger partial charge is 0.456 e. The van der Waals surface area contributed by atoms with Crippen molar-refractivity contribution >= 4 is 19.7 Å². The van der Waals surface area contributed by atoms with Gasteiger partial charge in [-0.05, 0) is 63.9 Å². The Morgan fingerprint density at radius 2 is 1.02 bits per heavy atom. The van der Waals surface area contributed by atoms with E-state index >= 15 is 0 Å². The molecule has 3 unspecified atom stereocenters.